The van der Waals surface area contributed by atoms with E-state index in [0.717, 1.165) is 6.42 Å². The number of rotatable bonds is 4. The number of anilines is 1. The highest BCUT2D eigenvalue weighted by molar-refractivity contribution is 8.01. The van der Waals surface area contributed by atoms with Gasteiger partial charge in [-0.3, -0.25) is 9.59 Å². The maximum absolute atomic E-state index is 12.3. The Balaban J connectivity index is 1.53. The van der Waals surface area contributed by atoms with Gasteiger partial charge in [-0.25, -0.2) is 4.79 Å². The van der Waals surface area contributed by atoms with Gasteiger partial charge in [-0.15, -0.1) is 11.8 Å². The van der Waals surface area contributed by atoms with Gasteiger partial charge < -0.3 is 15.0 Å². The first-order chi connectivity index (χ1) is 11.9. The lowest BCUT2D eigenvalue weighted by Crippen LogP contribution is -2.47. The summed E-state index contributed by atoms with van der Waals surface area (Å²) in [6.07, 6.45) is 1.16. The number of thioether (sulfide) groups is 1. The minimum Gasteiger partial charge on any atom is -0.454 e. The van der Waals surface area contributed by atoms with Gasteiger partial charge in [-0.2, -0.15) is 5.26 Å². The van der Waals surface area contributed by atoms with Gasteiger partial charge in [-0.05, 0) is 37.6 Å². The zero-order valence-corrected chi connectivity index (χ0v) is 14.5. The van der Waals surface area contributed by atoms with E-state index in [4.69, 9.17) is 10.00 Å². The van der Waals surface area contributed by atoms with Crippen molar-refractivity contribution in [2.24, 2.45) is 0 Å². The van der Waals surface area contributed by atoms with Gasteiger partial charge in [0.2, 0.25) is 5.91 Å². The second-order valence-electron chi connectivity index (χ2n) is 6.11. The molecule has 8 heteroatoms. The van der Waals surface area contributed by atoms with Gasteiger partial charge in [0.15, 0.2) is 6.61 Å². The minimum atomic E-state index is -0.632. The van der Waals surface area contributed by atoms with Gasteiger partial charge in [-0.1, -0.05) is 0 Å². The van der Waals surface area contributed by atoms with Crippen molar-refractivity contribution in [3.05, 3.63) is 29.8 Å². The number of nitrogens with one attached hydrogen (secondary N) is 1. The summed E-state index contributed by atoms with van der Waals surface area (Å²) in [5.74, 6) is -0.588. The van der Waals surface area contributed by atoms with Gasteiger partial charge >= 0.3 is 5.97 Å². The molecular weight excluding hydrogens is 342 g/mol. The number of esters is 1. The van der Waals surface area contributed by atoms with Crippen LogP contribution >= 0.6 is 11.8 Å². The summed E-state index contributed by atoms with van der Waals surface area (Å²) in [5, 5.41) is 11.3. The first kappa shape index (κ1) is 17.3. The van der Waals surface area contributed by atoms with Crippen LogP contribution in [0.5, 0.6) is 0 Å². The van der Waals surface area contributed by atoms with Crippen LogP contribution in [0.25, 0.3) is 0 Å². The van der Waals surface area contributed by atoms with Crippen LogP contribution in [0, 0.1) is 11.3 Å². The fraction of sp³-hybridized carbons (Fsp3) is 0.412. The van der Waals surface area contributed by atoms with Crippen LogP contribution in [0.15, 0.2) is 24.3 Å². The summed E-state index contributed by atoms with van der Waals surface area (Å²) in [6, 6.07) is 7.71. The molecule has 2 heterocycles. The van der Waals surface area contributed by atoms with E-state index in [1.165, 1.54) is 0 Å². The molecule has 2 saturated heterocycles. The molecule has 0 bridgehead atoms. The number of benzene rings is 1. The molecule has 3 rings (SSSR count). The molecule has 2 aliphatic rings. The van der Waals surface area contributed by atoms with Gasteiger partial charge in [0.25, 0.3) is 5.91 Å². The Labute approximate surface area is 149 Å². The molecule has 25 heavy (non-hydrogen) atoms. The van der Waals surface area contributed by atoms with Crippen molar-refractivity contribution >= 4 is 35.2 Å². The van der Waals surface area contributed by atoms with Gasteiger partial charge in [0.05, 0.1) is 16.5 Å². The predicted molar refractivity (Wildman–Crippen MR) is 91.5 cm³/mol. The maximum atomic E-state index is 12.3. The van der Waals surface area contributed by atoms with Gasteiger partial charge in [0, 0.05) is 17.9 Å². The number of ether oxygens (including phenoxy) is 1. The Morgan fingerprint density at radius 2 is 2.16 bits per heavy atom. The molecule has 1 aromatic carbocycles. The zero-order chi connectivity index (χ0) is 18.0. The molecule has 2 fully saturated rings. The summed E-state index contributed by atoms with van der Waals surface area (Å²) in [5.41, 5.74) is 1.00. The number of carbonyl (C=O) groups excluding carboxylic acids is 3. The average molecular weight is 359 g/mol. The van der Waals surface area contributed by atoms with Crippen LogP contribution < -0.4 is 5.32 Å². The lowest BCUT2D eigenvalue weighted by molar-refractivity contribution is -0.155. The number of amides is 2. The van der Waals surface area contributed by atoms with E-state index >= 15 is 0 Å². The van der Waals surface area contributed by atoms with E-state index in [1.807, 2.05) is 13.0 Å². The molecule has 0 radical (unpaired) electrons. The van der Waals surface area contributed by atoms with E-state index in [0.29, 0.717) is 23.4 Å². The van der Waals surface area contributed by atoms with Crippen molar-refractivity contribution in [3.63, 3.8) is 0 Å². The molecule has 2 aliphatic heterocycles. The molecule has 0 aliphatic carbocycles. The van der Waals surface area contributed by atoms with Crippen LogP contribution in [0.3, 0.4) is 0 Å². The second kappa shape index (κ2) is 6.76. The van der Waals surface area contributed by atoms with Crippen LogP contribution in [0.4, 0.5) is 5.69 Å². The molecule has 0 unspecified atom stereocenters. The van der Waals surface area contributed by atoms with Crippen molar-refractivity contribution in [3.8, 4) is 6.07 Å². The first-order valence-electron chi connectivity index (χ1n) is 7.86. The molecule has 0 aromatic heterocycles. The van der Waals surface area contributed by atoms with Crippen molar-refractivity contribution < 1.29 is 19.1 Å². The smallest absolute Gasteiger partial charge is 0.330 e. The van der Waals surface area contributed by atoms with E-state index in [-0.39, 0.29) is 10.8 Å². The van der Waals surface area contributed by atoms with Crippen molar-refractivity contribution in [1.29, 1.82) is 5.26 Å². The Morgan fingerprint density at radius 1 is 1.44 bits per heavy atom. The van der Waals surface area contributed by atoms with Crippen LogP contribution in [0.2, 0.25) is 0 Å². The molecule has 1 aromatic rings. The molecule has 0 spiro atoms. The Kier molecular flexibility index (Phi) is 4.68. The van der Waals surface area contributed by atoms with Crippen LogP contribution in [-0.4, -0.2) is 46.0 Å². The lowest BCUT2D eigenvalue weighted by atomic mass is 10.2. The topological polar surface area (TPSA) is 99.5 Å². The Morgan fingerprint density at radius 3 is 2.84 bits per heavy atom. The van der Waals surface area contributed by atoms with Crippen molar-refractivity contribution in [1.82, 2.24) is 4.90 Å². The third-order valence-electron chi connectivity index (χ3n) is 4.36. The fourth-order valence-corrected chi connectivity index (χ4v) is 4.47. The molecule has 0 saturated carbocycles. The maximum Gasteiger partial charge on any atom is 0.330 e. The van der Waals surface area contributed by atoms with Crippen LogP contribution in [0.1, 0.15) is 25.3 Å². The van der Waals surface area contributed by atoms with Crippen molar-refractivity contribution in [2.45, 2.75) is 30.7 Å². The molecule has 130 valence electrons. The highest BCUT2D eigenvalue weighted by atomic mass is 32.2. The third kappa shape index (κ3) is 3.46. The summed E-state index contributed by atoms with van der Waals surface area (Å²) < 4.78 is 5.10. The average Bonchev–Trinajstić information content (AvgIpc) is 3.10. The quantitative estimate of drug-likeness (QED) is 0.818. The SMILES string of the molecule is C[C@]12CCC(=O)N1[C@@H](C(=O)OCC(=O)Nc1ccc(C#N)cc1)CS2. The fourth-order valence-electron chi connectivity index (χ4n) is 3.05. The molecular formula is C17H17N3O4S. The molecule has 2 amide bonds. The molecule has 1 N–H and O–H groups in total. The molecule has 7 nitrogen and oxygen atoms in total. The van der Waals surface area contributed by atoms with E-state index in [1.54, 1.807) is 40.9 Å². The minimum absolute atomic E-state index is 0.0449. The highest BCUT2D eigenvalue weighted by Crippen LogP contribution is 2.47. The summed E-state index contributed by atoms with van der Waals surface area (Å²) in [7, 11) is 0. The predicted octanol–water partition coefficient (Wildman–Crippen LogP) is 1.49. The van der Waals surface area contributed by atoms with E-state index in [2.05, 4.69) is 5.32 Å². The molecule has 2 atom stereocenters. The summed E-state index contributed by atoms with van der Waals surface area (Å²) in [6.45, 7) is 1.53. The standard InChI is InChI=1S/C17H17N3O4S/c1-17-7-6-15(22)20(17)13(10-25-17)16(23)24-9-14(21)19-12-4-2-11(8-18)3-5-12/h2-5,13H,6-7,9-10H2,1H3,(H,19,21)/t13-,17+/m1/s1. The van der Waals surface area contributed by atoms with Gasteiger partial charge in [0.1, 0.15) is 6.04 Å². The Hall–Kier alpha value is -2.53. The number of hydrogen-bond acceptors (Lipinski definition) is 6. The largest absolute Gasteiger partial charge is 0.454 e. The number of hydrogen-bond donors (Lipinski definition) is 1. The normalized spacial score (nSPS) is 24.6. The number of nitriles is 1. The number of nitrogens with zero attached hydrogens (tertiary/aromatic N) is 2. The first-order valence-corrected chi connectivity index (χ1v) is 8.84. The Bertz CT molecular complexity index is 758. The van der Waals surface area contributed by atoms with E-state index < -0.39 is 24.5 Å². The monoisotopic (exact) mass is 359 g/mol. The van der Waals surface area contributed by atoms with Crippen molar-refractivity contribution in [2.75, 3.05) is 17.7 Å². The van der Waals surface area contributed by atoms with E-state index in [9.17, 15) is 14.4 Å². The third-order valence-corrected chi connectivity index (χ3v) is 5.87. The number of carbonyl (C=O) groups is 3. The highest BCUT2D eigenvalue weighted by Gasteiger charge is 2.53. The zero-order valence-electron chi connectivity index (χ0n) is 13.7. The lowest BCUT2D eigenvalue weighted by Gasteiger charge is -2.29. The number of fused-ring (bicyclic) bond motifs is 1. The van der Waals surface area contributed by atoms with Crippen LogP contribution in [-0.2, 0) is 19.1 Å². The second-order valence-corrected chi connectivity index (χ2v) is 7.61. The summed E-state index contributed by atoms with van der Waals surface area (Å²) in [4.78, 5) is 37.4. The summed E-state index contributed by atoms with van der Waals surface area (Å²) >= 11 is 1.57.